The molecule has 1 aliphatic rings. The highest BCUT2D eigenvalue weighted by molar-refractivity contribution is 14.0. The molecule has 1 saturated heterocycles. The van der Waals surface area contributed by atoms with E-state index in [0.717, 1.165) is 50.0 Å². The predicted molar refractivity (Wildman–Crippen MR) is 136 cm³/mol. The molecule has 0 aliphatic carbocycles. The summed E-state index contributed by atoms with van der Waals surface area (Å²) in [6.07, 6.45) is 3.50. The van der Waals surface area contributed by atoms with Crippen LogP contribution in [0.2, 0.25) is 0 Å². The van der Waals surface area contributed by atoms with Gasteiger partial charge in [-0.2, -0.15) is 0 Å². The van der Waals surface area contributed by atoms with Crippen LogP contribution < -0.4 is 15.4 Å². The normalized spacial score (nSPS) is 15.5. The maximum Gasteiger partial charge on any atom is 0.191 e. The average Bonchev–Trinajstić information content (AvgIpc) is 3.44. The van der Waals surface area contributed by atoms with Gasteiger partial charge in [-0.15, -0.1) is 35.3 Å². The molecule has 30 heavy (non-hydrogen) atoms. The highest BCUT2D eigenvalue weighted by Gasteiger charge is 2.24. The first-order valence-electron chi connectivity index (χ1n) is 10.6. The number of benzene rings is 1. The molecule has 3 rings (SSSR count). The van der Waals surface area contributed by atoms with Crippen LogP contribution in [0, 0.1) is 0 Å². The lowest BCUT2D eigenvalue weighted by Crippen LogP contribution is -2.42. The van der Waals surface area contributed by atoms with Gasteiger partial charge in [0.1, 0.15) is 5.75 Å². The van der Waals surface area contributed by atoms with Gasteiger partial charge in [-0.1, -0.05) is 19.1 Å². The largest absolute Gasteiger partial charge is 0.497 e. The van der Waals surface area contributed by atoms with Crippen LogP contribution in [0.25, 0.3) is 0 Å². The number of ether oxygens (including phenoxy) is 1. The van der Waals surface area contributed by atoms with Crippen molar-refractivity contribution in [1.29, 1.82) is 0 Å². The molecular weight excluding hydrogens is 509 g/mol. The quantitative estimate of drug-likeness (QED) is 0.282. The molecule has 1 aromatic carbocycles. The molecule has 6 nitrogen and oxygen atoms in total. The molecule has 0 saturated carbocycles. The lowest BCUT2D eigenvalue weighted by atomic mass is 10.1. The summed E-state index contributed by atoms with van der Waals surface area (Å²) in [7, 11) is 1.72. The summed E-state index contributed by atoms with van der Waals surface area (Å²) in [5.41, 5.74) is 2.31. The van der Waals surface area contributed by atoms with Gasteiger partial charge in [0.2, 0.25) is 0 Å². The lowest BCUT2D eigenvalue weighted by molar-refractivity contribution is 0.245. The van der Waals surface area contributed by atoms with Crippen LogP contribution >= 0.6 is 35.3 Å². The molecule has 0 radical (unpaired) electrons. The lowest BCUT2D eigenvalue weighted by Gasteiger charge is -2.29. The molecule has 2 N–H and O–H groups in total. The van der Waals surface area contributed by atoms with Crippen LogP contribution in [0.4, 0.5) is 0 Å². The standard InChI is InChI=1S/C22H33N5OS.HI/c1-4-21-26-18(16-29-21)14-24-22(23-5-2)25-15-20(27-11-6-7-12-27)17-9-8-10-19(13-17)28-3;/h8-10,13,16,20H,4-7,11-12,14-15H2,1-3H3,(H2,23,24,25);1H. The van der Waals surface area contributed by atoms with Crippen LogP contribution in [0.1, 0.15) is 49.0 Å². The highest BCUT2D eigenvalue weighted by Crippen LogP contribution is 2.27. The van der Waals surface area contributed by atoms with Gasteiger partial charge in [-0.05, 0) is 57.0 Å². The third-order valence-corrected chi connectivity index (χ3v) is 6.21. The SMILES string of the molecule is CCNC(=NCc1csc(CC)n1)NCC(c1cccc(OC)c1)N1CCCC1.I. The van der Waals surface area contributed by atoms with Crippen molar-refractivity contribution >= 4 is 41.3 Å². The number of aromatic nitrogens is 1. The number of thiazole rings is 1. The molecule has 0 spiro atoms. The fourth-order valence-corrected chi connectivity index (χ4v) is 4.37. The van der Waals surface area contributed by atoms with E-state index in [0.29, 0.717) is 12.6 Å². The highest BCUT2D eigenvalue weighted by atomic mass is 127. The van der Waals surface area contributed by atoms with Crippen LogP contribution in [0.15, 0.2) is 34.6 Å². The first kappa shape index (κ1) is 24.9. The molecular formula is C22H34IN5OS. The van der Waals surface area contributed by atoms with Crippen molar-refractivity contribution in [3.63, 3.8) is 0 Å². The maximum atomic E-state index is 5.45. The number of nitrogens with one attached hydrogen (secondary N) is 2. The summed E-state index contributed by atoms with van der Waals surface area (Å²) in [6, 6.07) is 8.71. The van der Waals surface area contributed by atoms with Gasteiger partial charge in [0.25, 0.3) is 0 Å². The molecule has 0 amide bonds. The summed E-state index contributed by atoms with van der Waals surface area (Å²) in [6.45, 7) is 8.72. The van der Waals surface area contributed by atoms with Crippen molar-refractivity contribution in [2.75, 3.05) is 33.3 Å². The zero-order valence-corrected chi connectivity index (χ0v) is 21.3. The molecule has 1 aliphatic heterocycles. The predicted octanol–water partition coefficient (Wildman–Crippen LogP) is 4.22. The minimum absolute atomic E-state index is 0. The zero-order chi connectivity index (χ0) is 20.5. The minimum atomic E-state index is 0. The van der Waals surface area contributed by atoms with Crippen molar-refractivity contribution in [3.05, 3.63) is 45.9 Å². The molecule has 1 atom stereocenters. The second kappa shape index (κ2) is 13.1. The second-order valence-electron chi connectivity index (χ2n) is 7.20. The van der Waals surface area contributed by atoms with Crippen LogP contribution in [0.5, 0.6) is 5.75 Å². The summed E-state index contributed by atoms with van der Waals surface area (Å²) < 4.78 is 5.45. The van der Waals surface area contributed by atoms with E-state index in [1.54, 1.807) is 18.4 Å². The number of likely N-dealkylation sites (tertiary alicyclic amines) is 1. The Kier molecular flexibility index (Phi) is 10.9. The van der Waals surface area contributed by atoms with E-state index in [1.807, 2.05) is 6.07 Å². The van der Waals surface area contributed by atoms with Gasteiger partial charge >= 0.3 is 0 Å². The average molecular weight is 544 g/mol. The summed E-state index contributed by atoms with van der Waals surface area (Å²) in [5, 5.41) is 10.2. The molecule has 2 heterocycles. The van der Waals surface area contributed by atoms with Crippen molar-refractivity contribution in [1.82, 2.24) is 20.5 Å². The summed E-state index contributed by atoms with van der Waals surface area (Å²) in [5.74, 6) is 1.74. The Balaban J connectivity index is 0.00000320. The molecule has 8 heteroatoms. The van der Waals surface area contributed by atoms with Gasteiger partial charge in [0.05, 0.1) is 30.4 Å². The van der Waals surface area contributed by atoms with Crippen LogP contribution in [-0.2, 0) is 13.0 Å². The van der Waals surface area contributed by atoms with Crippen molar-refractivity contribution in [3.8, 4) is 5.75 Å². The third kappa shape index (κ3) is 7.09. The Labute approximate surface area is 201 Å². The zero-order valence-electron chi connectivity index (χ0n) is 18.2. The van der Waals surface area contributed by atoms with E-state index >= 15 is 0 Å². The fraction of sp³-hybridized carbons (Fsp3) is 0.545. The van der Waals surface area contributed by atoms with E-state index in [4.69, 9.17) is 9.73 Å². The number of aliphatic imine (C=N–C) groups is 1. The summed E-state index contributed by atoms with van der Waals surface area (Å²) in [4.78, 5) is 11.9. The Hall–Kier alpha value is -1.39. The third-order valence-electron chi connectivity index (χ3n) is 5.17. The molecule has 1 aromatic heterocycles. The number of guanidine groups is 1. The van der Waals surface area contributed by atoms with Gasteiger partial charge in [-0.3, -0.25) is 4.90 Å². The van der Waals surface area contributed by atoms with Crippen LogP contribution in [0.3, 0.4) is 0 Å². The first-order chi connectivity index (χ1) is 14.2. The second-order valence-corrected chi connectivity index (χ2v) is 8.14. The van der Waals surface area contributed by atoms with Gasteiger partial charge in [0, 0.05) is 18.5 Å². The van der Waals surface area contributed by atoms with E-state index in [-0.39, 0.29) is 24.0 Å². The van der Waals surface area contributed by atoms with Gasteiger partial charge in [0.15, 0.2) is 5.96 Å². The number of halogens is 1. The van der Waals surface area contributed by atoms with Crippen LogP contribution in [-0.4, -0.2) is 49.1 Å². The first-order valence-corrected chi connectivity index (χ1v) is 11.4. The minimum Gasteiger partial charge on any atom is -0.497 e. The smallest absolute Gasteiger partial charge is 0.191 e. The molecule has 1 fully saturated rings. The van der Waals surface area contributed by atoms with Crippen molar-refractivity contribution < 1.29 is 4.74 Å². The van der Waals surface area contributed by atoms with Crippen molar-refractivity contribution in [2.45, 2.75) is 45.7 Å². The monoisotopic (exact) mass is 543 g/mol. The van der Waals surface area contributed by atoms with E-state index < -0.39 is 0 Å². The number of hydrogen-bond donors (Lipinski definition) is 2. The number of hydrogen-bond acceptors (Lipinski definition) is 5. The number of rotatable bonds is 9. The van der Waals surface area contributed by atoms with E-state index in [9.17, 15) is 0 Å². The maximum absolute atomic E-state index is 5.45. The Bertz CT molecular complexity index is 791. The van der Waals surface area contributed by atoms with E-state index in [1.165, 1.54) is 23.4 Å². The Morgan fingerprint density at radius 3 is 2.73 bits per heavy atom. The molecule has 1 unspecified atom stereocenters. The Morgan fingerprint density at radius 1 is 1.27 bits per heavy atom. The fourth-order valence-electron chi connectivity index (χ4n) is 3.64. The van der Waals surface area contributed by atoms with Crippen molar-refractivity contribution in [2.24, 2.45) is 4.99 Å². The van der Waals surface area contributed by atoms with Gasteiger partial charge < -0.3 is 15.4 Å². The topological polar surface area (TPSA) is 61.8 Å². The Morgan fingerprint density at radius 2 is 2.07 bits per heavy atom. The number of aryl methyl sites for hydroxylation is 1. The molecule has 2 aromatic rings. The van der Waals surface area contributed by atoms with Gasteiger partial charge in [-0.25, -0.2) is 9.98 Å². The number of nitrogens with zero attached hydrogens (tertiary/aromatic N) is 3. The number of methoxy groups -OCH3 is 1. The molecule has 166 valence electrons. The summed E-state index contributed by atoms with van der Waals surface area (Å²) >= 11 is 1.71. The molecule has 0 bridgehead atoms. The van der Waals surface area contributed by atoms with E-state index in [2.05, 4.69) is 57.9 Å².